The molecule has 0 spiro atoms. The summed E-state index contributed by atoms with van der Waals surface area (Å²) in [5.74, 6) is 1.45. The molecule has 0 saturated carbocycles. The molecule has 1 amide bonds. The fraction of sp³-hybridized carbons (Fsp3) is 0.304. The molecule has 1 aromatic heterocycles. The first-order chi connectivity index (χ1) is 14.2. The summed E-state index contributed by atoms with van der Waals surface area (Å²) in [6, 6.07) is 15.7. The Bertz CT molecular complexity index is 998. The van der Waals surface area contributed by atoms with E-state index in [9.17, 15) is 4.79 Å². The molecule has 0 unspecified atom stereocenters. The first kappa shape index (κ1) is 19.1. The van der Waals surface area contributed by atoms with Gasteiger partial charge in [0.05, 0.1) is 23.1 Å². The highest BCUT2D eigenvalue weighted by Crippen LogP contribution is 2.34. The second-order valence-electron chi connectivity index (χ2n) is 6.87. The Morgan fingerprint density at radius 1 is 1.07 bits per heavy atom. The third-order valence-corrected chi connectivity index (χ3v) is 5.11. The van der Waals surface area contributed by atoms with Crippen LogP contribution in [-0.2, 0) is 13.0 Å². The standard InChI is InChI=1S/C23H25N3O3/c1-3-20-19(15-24-26(20)18-10-6-5-7-11-18)23(27)25(4-2)16-17-9-8-12-21-22(17)29-14-13-28-21/h5-12,15H,3-4,13-14,16H2,1-2H3. The molecular weight excluding hydrogens is 366 g/mol. The molecular formula is C23H25N3O3. The highest BCUT2D eigenvalue weighted by Gasteiger charge is 2.24. The van der Waals surface area contributed by atoms with Crippen LogP contribution in [0.25, 0.3) is 5.69 Å². The number of rotatable bonds is 6. The lowest BCUT2D eigenvalue weighted by molar-refractivity contribution is 0.0748. The van der Waals surface area contributed by atoms with Crippen molar-refractivity contribution in [1.82, 2.24) is 14.7 Å². The van der Waals surface area contributed by atoms with E-state index in [2.05, 4.69) is 5.10 Å². The zero-order valence-electron chi connectivity index (χ0n) is 16.8. The van der Waals surface area contributed by atoms with Crippen molar-refractivity contribution < 1.29 is 14.3 Å². The zero-order valence-corrected chi connectivity index (χ0v) is 16.8. The van der Waals surface area contributed by atoms with Crippen molar-refractivity contribution >= 4 is 5.91 Å². The second-order valence-corrected chi connectivity index (χ2v) is 6.87. The Balaban J connectivity index is 1.63. The van der Waals surface area contributed by atoms with Crippen LogP contribution in [0.2, 0.25) is 0 Å². The zero-order chi connectivity index (χ0) is 20.2. The van der Waals surface area contributed by atoms with E-state index in [-0.39, 0.29) is 5.91 Å². The number of carbonyl (C=O) groups is 1. The number of amides is 1. The van der Waals surface area contributed by atoms with Crippen LogP contribution in [0.1, 0.15) is 35.5 Å². The normalized spacial score (nSPS) is 12.6. The third kappa shape index (κ3) is 3.70. The number of hydrogen-bond acceptors (Lipinski definition) is 4. The Morgan fingerprint density at radius 2 is 1.86 bits per heavy atom. The summed E-state index contributed by atoms with van der Waals surface area (Å²) >= 11 is 0. The van der Waals surface area contributed by atoms with Gasteiger partial charge in [-0.3, -0.25) is 4.79 Å². The van der Waals surface area contributed by atoms with Gasteiger partial charge in [0.15, 0.2) is 11.5 Å². The maximum absolute atomic E-state index is 13.4. The number of nitrogens with zero attached hydrogens (tertiary/aromatic N) is 3. The molecule has 29 heavy (non-hydrogen) atoms. The van der Waals surface area contributed by atoms with E-state index < -0.39 is 0 Å². The highest BCUT2D eigenvalue weighted by atomic mass is 16.6. The van der Waals surface area contributed by atoms with E-state index in [1.54, 1.807) is 6.20 Å². The van der Waals surface area contributed by atoms with Crippen LogP contribution >= 0.6 is 0 Å². The van der Waals surface area contributed by atoms with Gasteiger partial charge in [0.1, 0.15) is 13.2 Å². The fourth-order valence-corrected chi connectivity index (χ4v) is 3.65. The van der Waals surface area contributed by atoms with Crippen molar-refractivity contribution in [1.29, 1.82) is 0 Å². The lowest BCUT2D eigenvalue weighted by Gasteiger charge is -2.25. The molecule has 2 aromatic carbocycles. The lowest BCUT2D eigenvalue weighted by Crippen LogP contribution is -2.31. The van der Waals surface area contributed by atoms with Crippen LogP contribution in [0.3, 0.4) is 0 Å². The van der Waals surface area contributed by atoms with Gasteiger partial charge in [0.25, 0.3) is 5.91 Å². The Morgan fingerprint density at radius 3 is 2.62 bits per heavy atom. The fourth-order valence-electron chi connectivity index (χ4n) is 3.65. The molecule has 0 aliphatic carbocycles. The first-order valence-electron chi connectivity index (χ1n) is 10.0. The van der Waals surface area contributed by atoms with Crippen molar-refractivity contribution in [3.05, 3.63) is 71.5 Å². The van der Waals surface area contributed by atoms with Gasteiger partial charge in [0, 0.05) is 18.7 Å². The molecule has 4 rings (SSSR count). The van der Waals surface area contributed by atoms with E-state index in [0.29, 0.717) is 38.3 Å². The van der Waals surface area contributed by atoms with Crippen molar-refractivity contribution in [2.75, 3.05) is 19.8 Å². The summed E-state index contributed by atoms with van der Waals surface area (Å²) in [5, 5.41) is 4.50. The Hall–Kier alpha value is -3.28. The maximum atomic E-state index is 13.4. The van der Waals surface area contributed by atoms with Crippen LogP contribution in [0.5, 0.6) is 11.5 Å². The summed E-state index contributed by atoms with van der Waals surface area (Å²) in [4.78, 5) is 15.2. The summed E-state index contributed by atoms with van der Waals surface area (Å²) in [5.41, 5.74) is 3.45. The molecule has 0 fully saturated rings. The van der Waals surface area contributed by atoms with Crippen LogP contribution in [-0.4, -0.2) is 40.3 Å². The van der Waals surface area contributed by atoms with Crippen molar-refractivity contribution in [2.24, 2.45) is 0 Å². The number of para-hydroxylation sites is 2. The minimum absolute atomic E-state index is 0.0270. The highest BCUT2D eigenvalue weighted by molar-refractivity contribution is 5.95. The quantitative estimate of drug-likeness (QED) is 0.640. The van der Waals surface area contributed by atoms with E-state index in [4.69, 9.17) is 9.47 Å². The smallest absolute Gasteiger partial charge is 0.257 e. The Kier molecular flexibility index (Phi) is 5.51. The van der Waals surface area contributed by atoms with E-state index >= 15 is 0 Å². The van der Waals surface area contributed by atoms with E-state index in [0.717, 1.165) is 28.4 Å². The van der Waals surface area contributed by atoms with Gasteiger partial charge >= 0.3 is 0 Å². The molecule has 2 heterocycles. The Labute approximate surface area is 170 Å². The first-order valence-corrected chi connectivity index (χ1v) is 10.0. The summed E-state index contributed by atoms with van der Waals surface area (Å²) in [6.07, 6.45) is 2.39. The molecule has 6 nitrogen and oxygen atoms in total. The van der Waals surface area contributed by atoms with E-state index in [1.807, 2.05) is 72.0 Å². The molecule has 3 aromatic rings. The topological polar surface area (TPSA) is 56.6 Å². The van der Waals surface area contributed by atoms with Crippen LogP contribution in [0.4, 0.5) is 0 Å². The monoisotopic (exact) mass is 391 g/mol. The lowest BCUT2D eigenvalue weighted by atomic mass is 10.1. The predicted octanol–water partition coefficient (Wildman–Crippen LogP) is 3.87. The summed E-state index contributed by atoms with van der Waals surface area (Å²) < 4.78 is 13.3. The van der Waals surface area contributed by atoms with Crippen molar-refractivity contribution in [3.8, 4) is 17.2 Å². The van der Waals surface area contributed by atoms with Crippen molar-refractivity contribution in [2.45, 2.75) is 26.8 Å². The molecule has 1 aliphatic heterocycles. The summed E-state index contributed by atoms with van der Waals surface area (Å²) in [7, 11) is 0. The van der Waals surface area contributed by atoms with Gasteiger partial charge in [-0.05, 0) is 31.5 Å². The molecule has 0 N–H and O–H groups in total. The number of aromatic nitrogens is 2. The maximum Gasteiger partial charge on any atom is 0.257 e. The number of fused-ring (bicyclic) bond motifs is 1. The van der Waals surface area contributed by atoms with E-state index in [1.165, 1.54) is 0 Å². The van der Waals surface area contributed by atoms with Gasteiger partial charge in [-0.2, -0.15) is 5.10 Å². The van der Waals surface area contributed by atoms with Crippen LogP contribution < -0.4 is 9.47 Å². The minimum atomic E-state index is -0.0270. The average Bonchev–Trinajstić information content (AvgIpc) is 3.22. The molecule has 0 bridgehead atoms. The minimum Gasteiger partial charge on any atom is -0.486 e. The molecule has 0 radical (unpaired) electrons. The largest absolute Gasteiger partial charge is 0.486 e. The number of ether oxygens (including phenoxy) is 2. The molecule has 6 heteroatoms. The predicted molar refractivity (Wildman–Crippen MR) is 111 cm³/mol. The number of benzene rings is 2. The second kappa shape index (κ2) is 8.39. The number of carbonyl (C=O) groups excluding carboxylic acids is 1. The summed E-state index contributed by atoms with van der Waals surface area (Å²) in [6.45, 7) is 6.14. The molecule has 0 saturated heterocycles. The van der Waals surface area contributed by atoms with Gasteiger partial charge in [0.2, 0.25) is 0 Å². The molecule has 150 valence electrons. The average molecular weight is 391 g/mol. The SMILES string of the molecule is CCc1c(C(=O)N(CC)Cc2cccc3c2OCCO3)cnn1-c1ccccc1. The van der Waals surface area contributed by atoms with Crippen LogP contribution in [0.15, 0.2) is 54.7 Å². The molecule has 1 aliphatic rings. The van der Waals surface area contributed by atoms with Gasteiger partial charge in [-0.25, -0.2) is 4.68 Å². The van der Waals surface area contributed by atoms with Gasteiger partial charge in [-0.15, -0.1) is 0 Å². The molecule has 0 atom stereocenters. The van der Waals surface area contributed by atoms with Gasteiger partial charge < -0.3 is 14.4 Å². The van der Waals surface area contributed by atoms with Crippen molar-refractivity contribution in [3.63, 3.8) is 0 Å². The van der Waals surface area contributed by atoms with Crippen LogP contribution in [0, 0.1) is 0 Å². The van der Waals surface area contributed by atoms with Gasteiger partial charge in [-0.1, -0.05) is 37.3 Å². The third-order valence-electron chi connectivity index (χ3n) is 5.11. The number of hydrogen-bond donors (Lipinski definition) is 0.